The van der Waals surface area contributed by atoms with Gasteiger partial charge in [-0.1, -0.05) is 85.0 Å². The van der Waals surface area contributed by atoms with Crippen molar-refractivity contribution in [3.63, 3.8) is 0 Å². The van der Waals surface area contributed by atoms with Gasteiger partial charge in [0.1, 0.15) is 0 Å². The van der Waals surface area contributed by atoms with Gasteiger partial charge in [0.2, 0.25) is 0 Å². The third-order valence-electron chi connectivity index (χ3n) is 6.79. The summed E-state index contributed by atoms with van der Waals surface area (Å²) in [5, 5.41) is 0. The number of rotatable bonds is 11. The third kappa shape index (κ3) is 7.21. The molecule has 2 fully saturated rings. The highest BCUT2D eigenvalue weighted by atomic mass is 16.7. The SMILES string of the molecule is CCCCCCCC1CCC([C@]2(C)CO[C@H](CCCCC)OC2)CC1. The largest absolute Gasteiger partial charge is 0.352 e. The molecular formula is C23H44O2. The van der Waals surface area contributed by atoms with Gasteiger partial charge in [-0.15, -0.1) is 0 Å². The van der Waals surface area contributed by atoms with Crippen molar-refractivity contribution in [2.45, 2.75) is 117 Å². The van der Waals surface area contributed by atoms with Crippen LogP contribution in [0.4, 0.5) is 0 Å². The second-order valence-electron chi connectivity index (χ2n) is 9.12. The second kappa shape index (κ2) is 11.6. The Morgan fingerprint density at radius 2 is 1.28 bits per heavy atom. The molecule has 2 heteroatoms. The predicted octanol–water partition coefficient (Wildman–Crippen LogP) is 7.11. The fourth-order valence-corrected chi connectivity index (χ4v) is 4.80. The van der Waals surface area contributed by atoms with Crippen molar-refractivity contribution in [3.8, 4) is 0 Å². The number of hydrogen-bond acceptors (Lipinski definition) is 2. The Balaban J connectivity index is 1.61. The zero-order chi connectivity index (χ0) is 18.0. The van der Waals surface area contributed by atoms with Crippen LogP contribution in [0.1, 0.15) is 111 Å². The van der Waals surface area contributed by atoms with E-state index in [9.17, 15) is 0 Å². The van der Waals surface area contributed by atoms with Gasteiger partial charge in [-0.25, -0.2) is 0 Å². The number of ether oxygens (including phenoxy) is 2. The maximum Gasteiger partial charge on any atom is 0.157 e. The minimum Gasteiger partial charge on any atom is -0.352 e. The highest BCUT2D eigenvalue weighted by Crippen LogP contribution is 2.44. The maximum absolute atomic E-state index is 6.10. The van der Waals surface area contributed by atoms with Gasteiger partial charge in [0.15, 0.2) is 6.29 Å². The average molecular weight is 353 g/mol. The first-order valence-electron chi connectivity index (χ1n) is 11.4. The van der Waals surface area contributed by atoms with Gasteiger partial charge in [-0.2, -0.15) is 0 Å². The molecule has 0 radical (unpaired) electrons. The highest BCUT2D eigenvalue weighted by Gasteiger charge is 2.40. The average Bonchev–Trinajstić information content (AvgIpc) is 2.64. The Bertz CT molecular complexity index is 325. The van der Waals surface area contributed by atoms with Crippen LogP contribution >= 0.6 is 0 Å². The fourth-order valence-electron chi connectivity index (χ4n) is 4.80. The van der Waals surface area contributed by atoms with Crippen molar-refractivity contribution in [1.29, 1.82) is 0 Å². The van der Waals surface area contributed by atoms with Crippen LogP contribution in [-0.2, 0) is 9.47 Å². The Labute approximate surface area is 157 Å². The van der Waals surface area contributed by atoms with Crippen LogP contribution in [0.15, 0.2) is 0 Å². The van der Waals surface area contributed by atoms with E-state index in [0.29, 0.717) is 0 Å². The minimum atomic E-state index is 0.0686. The lowest BCUT2D eigenvalue weighted by Crippen LogP contribution is -2.45. The first-order valence-corrected chi connectivity index (χ1v) is 11.4. The highest BCUT2D eigenvalue weighted by molar-refractivity contribution is 4.88. The lowest BCUT2D eigenvalue weighted by Gasteiger charge is -2.45. The van der Waals surface area contributed by atoms with Crippen LogP contribution in [0.3, 0.4) is 0 Å². The summed E-state index contributed by atoms with van der Waals surface area (Å²) in [5.74, 6) is 1.80. The number of unbranched alkanes of at least 4 members (excludes halogenated alkanes) is 6. The van der Waals surface area contributed by atoms with Crippen LogP contribution in [0, 0.1) is 17.3 Å². The molecule has 1 saturated carbocycles. The minimum absolute atomic E-state index is 0.0686. The summed E-state index contributed by atoms with van der Waals surface area (Å²) in [5.41, 5.74) is 0.257. The molecule has 1 aliphatic carbocycles. The van der Waals surface area contributed by atoms with Gasteiger partial charge < -0.3 is 9.47 Å². The Hall–Kier alpha value is -0.0800. The fraction of sp³-hybridized carbons (Fsp3) is 1.00. The first-order chi connectivity index (χ1) is 12.2. The van der Waals surface area contributed by atoms with Crippen LogP contribution in [0.25, 0.3) is 0 Å². The molecule has 148 valence electrons. The van der Waals surface area contributed by atoms with Crippen LogP contribution < -0.4 is 0 Å². The second-order valence-corrected chi connectivity index (χ2v) is 9.12. The van der Waals surface area contributed by atoms with Crippen molar-refractivity contribution in [2.24, 2.45) is 17.3 Å². The summed E-state index contributed by atoms with van der Waals surface area (Å²) in [6.07, 6.45) is 19.2. The van der Waals surface area contributed by atoms with E-state index < -0.39 is 0 Å². The molecule has 0 atom stereocenters. The molecule has 0 amide bonds. The normalized spacial score (nSPS) is 33.5. The molecule has 0 aromatic carbocycles. The van der Waals surface area contributed by atoms with Crippen LogP contribution in [-0.4, -0.2) is 19.5 Å². The molecule has 0 aromatic rings. The van der Waals surface area contributed by atoms with E-state index >= 15 is 0 Å². The molecule has 0 spiro atoms. The van der Waals surface area contributed by atoms with Gasteiger partial charge in [-0.3, -0.25) is 0 Å². The standard InChI is InChI=1S/C23H44O2/c1-4-6-8-9-11-12-20-14-16-21(17-15-20)23(3)18-24-22(25-19-23)13-10-7-5-2/h20-22H,4-19H2,1-3H3/t20?,21?,22-,23+. The summed E-state index contributed by atoms with van der Waals surface area (Å²) in [4.78, 5) is 0. The Morgan fingerprint density at radius 1 is 0.720 bits per heavy atom. The van der Waals surface area contributed by atoms with E-state index in [2.05, 4.69) is 20.8 Å². The van der Waals surface area contributed by atoms with Crippen molar-refractivity contribution in [3.05, 3.63) is 0 Å². The van der Waals surface area contributed by atoms with Gasteiger partial charge in [0.25, 0.3) is 0 Å². The third-order valence-corrected chi connectivity index (χ3v) is 6.79. The van der Waals surface area contributed by atoms with Crippen molar-refractivity contribution in [1.82, 2.24) is 0 Å². The van der Waals surface area contributed by atoms with Gasteiger partial charge in [-0.05, 0) is 37.5 Å². The number of hydrogen-bond donors (Lipinski definition) is 0. The molecule has 1 aliphatic heterocycles. The molecule has 0 N–H and O–H groups in total. The van der Waals surface area contributed by atoms with Crippen molar-refractivity contribution >= 4 is 0 Å². The first kappa shape index (κ1) is 21.2. The molecule has 0 bridgehead atoms. The molecule has 2 nitrogen and oxygen atoms in total. The quantitative estimate of drug-likeness (QED) is 0.369. The van der Waals surface area contributed by atoms with E-state index in [1.54, 1.807) is 0 Å². The maximum atomic E-state index is 6.10. The van der Waals surface area contributed by atoms with E-state index in [-0.39, 0.29) is 11.7 Å². The molecule has 1 saturated heterocycles. The summed E-state index contributed by atoms with van der Waals surface area (Å²) in [6, 6.07) is 0. The van der Waals surface area contributed by atoms with Gasteiger partial charge >= 0.3 is 0 Å². The smallest absolute Gasteiger partial charge is 0.157 e. The summed E-state index contributed by atoms with van der Waals surface area (Å²) >= 11 is 0. The molecule has 2 aliphatic rings. The topological polar surface area (TPSA) is 18.5 Å². The van der Waals surface area contributed by atoms with Crippen LogP contribution in [0.2, 0.25) is 0 Å². The van der Waals surface area contributed by atoms with Gasteiger partial charge in [0, 0.05) is 5.41 Å². The summed E-state index contributed by atoms with van der Waals surface area (Å²) in [7, 11) is 0. The zero-order valence-corrected chi connectivity index (χ0v) is 17.4. The molecule has 25 heavy (non-hydrogen) atoms. The van der Waals surface area contributed by atoms with Crippen LogP contribution in [0.5, 0.6) is 0 Å². The predicted molar refractivity (Wildman–Crippen MR) is 107 cm³/mol. The van der Waals surface area contributed by atoms with E-state index in [1.165, 1.54) is 83.5 Å². The zero-order valence-electron chi connectivity index (χ0n) is 17.4. The Kier molecular flexibility index (Phi) is 9.84. The summed E-state index contributed by atoms with van der Waals surface area (Å²) in [6.45, 7) is 8.78. The lowest BCUT2D eigenvalue weighted by atomic mass is 9.67. The van der Waals surface area contributed by atoms with E-state index in [1.807, 2.05) is 0 Å². The van der Waals surface area contributed by atoms with Gasteiger partial charge in [0.05, 0.1) is 13.2 Å². The molecule has 0 unspecified atom stereocenters. The van der Waals surface area contributed by atoms with Crippen molar-refractivity contribution < 1.29 is 9.47 Å². The van der Waals surface area contributed by atoms with E-state index in [0.717, 1.165) is 31.5 Å². The lowest BCUT2D eigenvalue weighted by molar-refractivity contribution is -0.241. The van der Waals surface area contributed by atoms with Crippen molar-refractivity contribution in [2.75, 3.05) is 13.2 Å². The molecule has 0 aromatic heterocycles. The molecule has 1 heterocycles. The summed E-state index contributed by atoms with van der Waals surface area (Å²) < 4.78 is 12.2. The Morgan fingerprint density at radius 3 is 1.92 bits per heavy atom. The molecular weight excluding hydrogens is 308 g/mol. The monoisotopic (exact) mass is 352 g/mol. The van der Waals surface area contributed by atoms with E-state index in [4.69, 9.17) is 9.47 Å². The molecule has 2 rings (SSSR count).